The number of hydrogen-bond acceptors (Lipinski definition) is 11. The predicted octanol–water partition coefficient (Wildman–Crippen LogP) is 0.139. The van der Waals surface area contributed by atoms with E-state index in [0.717, 1.165) is 5.01 Å². The third-order valence-electron chi connectivity index (χ3n) is 5.55. The fraction of sp³-hybridized carbons (Fsp3) is 0.261. The molecule has 0 aliphatic carbocycles. The Labute approximate surface area is 267 Å². The molecule has 0 bridgehead atoms. The van der Waals surface area contributed by atoms with E-state index in [1.165, 1.54) is 45.8 Å². The number of β-lactam (4-membered cyclic amide) rings is 1. The number of carboxylic acids is 1. The Hall–Kier alpha value is -1.71. The molecule has 2 aliphatic heterocycles. The summed E-state index contributed by atoms with van der Waals surface area (Å²) in [5.41, 5.74) is 0.398. The molecular weight excluding hydrogens is 618 g/mol. The molecule has 1 N–H and O–H groups in total. The summed E-state index contributed by atoms with van der Waals surface area (Å²) in [5, 5.41) is 23.6. The summed E-state index contributed by atoms with van der Waals surface area (Å²) in [5.74, 6) is -1.12. The van der Waals surface area contributed by atoms with Crippen LogP contribution in [0.2, 0.25) is 10.0 Å². The van der Waals surface area contributed by atoms with Crippen molar-refractivity contribution < 1.29 is 58.2 Å². The number of carbonyl (C=O) groups excluding carboxylic acids is 3. The van der Waals surface area contributed by atoms with Crippen LogP contribution in [0.25, 0.3) is 0 Å². The van der Waals surface area contributed by atoms with Crippen molar-refractivity contribution in [1.29, 1.82) is 0 Å². The van der Waals surface area contributed by atoms with Crippen LogP contribution in [0.4, 0.5) is 0 Å². The number of aliphatic carboxylic acids is 1. The molecule has 0 saturated carbocycles. The minimum atomic E-state index is -1.44. The third-order valence-corrected chi connectivity index (χ3v) is 9.48. The second-order valence-electron chi connectivity index (χ2n) is 8.11. The van der Waals surface area contributed by atoms with E-state index >= 15 is 0 Å². The van der Waals surface area contributed by atoms with Gasteiger partial charge in [0, 0.05) is 16.5 Å². The van der Waals surface area contributed by atoms with Gasteiger partial charge in [-0.3, -0.25) is 14.5 Å². The zero-order valence-corrected chi connectivity index (χ0v) is 26.4. The second-order valence-corrected chi connectivity index (χ2v) is 12.5. The smallest absolute Gasteiger partial charge is 0.543 e. The molecule has 39 heavy (non-hydrogen) atoms. The van der Waals surface area contributed by atoms with Crippen molar-refractivity contribution in [2.75, 3.05) is 11.5 Å². The zero-order valence-electron chi connectivity index (χ0n) is 20.4. The van der Waals surface area contributed by atoms with E-state index in [4.69, 9.17) is 32.4 Å². The normalized spacial score (nSPS) is 18.2. The zero-order chi connectivity index (χ0) is 27.0. The first-order chi connectivity index (χ1) is 18.2. The Kier molecular flexibility index (Phi) is 9.97. The minimum Gasteiger partial charge on any atom is -0.543 e. The summed E-state index contributed by atoms with van der Waals surface area (Å²) in [6.45, 7) is 1.84. The van der Waals surface area contributed by atoms with E-state index in [9.17, 15) is 19.5 Å². The SMILES string of the molecule is Cc1nnc(SCC2=C(C(=O)[O-])N3C(=O)C(NC(=O)c4ccc(COc5ccc(Cl)cc5Cl)o4)C3SC2)s1.[Na+]. The molecule has 1 saturated heterocycles. The number of nitrogens with zero attached hydrogens (tertiary/aromatic N) is 3. The number of fused-ring (bicyclic) bond motifs is 1. The van der Waals surface area contributed by atoms with Crippen molar-refractivity contribution in [3.63, 3.8) is 0 Å². The molecule has 1 aromatic carbocycles. The molecule has 2 atom stereocenters. The molecule has 3 aromatic rings. The summed E-state index contributed by atoms with van der Waals surface area (Å²) < 4.78 is 11.9. The molecule has 16 heteroatoms. The number of ether oxygens (including phenoxy) is 1. The fourth-order valence-corrected chi connectivity index (χ4v) is 7.56. The number of aryl methyl sites for hydroxylation is 1. The molecule has 2 aromatic heterocycles. The number of amides is 2. The number of hydrogen-bond donors (Lipinski definition) is 1. The molecule has 0 spiro atoms. The average Bonchev–Trinajstić information content (AvgIpc) is 3.53. The van der Waals surface area contributed by atoms with Crippen LogP contribution in [0.5, 0.6) is 5.75 Å². The molecule has 2 unspecified atom stereocenters. The van der Waals surface area contributed by atoms with Gasteiger partial charge in [-0.05, 0) is 42.8 Å². The summed E-state index contributed by atoms with van der Waals surface area (Å²) in [6, 6.07) is 6.93. The van der Waals surface area contributed by atoms with Gasteiger partial charge in [0.1, 0.15) is 34.5 Å². The molecule has 10 nitrogen and oxygen atoms in total. The third kappa shape index (κ3) is 6.62. The minimum absolute atomic E-state index is 0. The van der Waals surface area contributed by atoms with Gasteiger partial charge in [0.05, 0.1) is 16.7 Å². The summed E-state index contributed by atoms with van der Waals surface area (Å²) >= 11 is 16.1. The largest absolute Gasteiger partial charge is 1.00 e. The van der Waals surface area contributed by atoms with Gasteiger partial charge in [-0.15, -0.1) is 22.0 Å². The van der Waals surface area contributed by atoms with Gasteiger partial charge < -0.3 is 24.4 Å². The average molecular weight is 636 g/mol. The molecule has 5 rings (SSSR count). The fourth-order valence-electron chi connectivity index (χ4n) is 3.80. The van der Waals surface area contributed by atoms with Gasteiger partial charge in [-0.2, -0.15) is 0 Å². The van der Waals surface area contributed by atoms with Crippen molar-refractivity contribution in [2.45, 2.75) is 29.3 Å². The van der Waals surface area contributed by atoms with Crippen LogP contribution in [0.15, 0.2) is 50.4 Å². The maximum absolute atomic E-state index is 12.9. The molecule has 198 valence electrons. The van der Waals surface area contributed by atoms with Crippen molar-refractivity contribution in [2.24, 2.45) is 0 Å². The van der Waals surface area contributed by atoms with Crippen LogP contribution in [-0.4, -0.2) is 55.8 Å². The van der Waals surface area contributed by atoms with E-state index in [1.807, 2.05) is 6.92 Å². The number of aromatic nitrogens is 2. The predicted molar refractivity (Wildman–Crippen MR) is 141 cm³/mol. The van der Waals surface area contributed by atoms with Gasteiger partial charge in [0.15, 0.2) is 10.1 Å². The molecule has 1 fully saturated rings. The molecular formula is C23H17Cl2N4NaO6S3. The number of halogens is 2. The first-order valence-electron chi connectivity index (χ1n) is 11.0. The molecule has 2 aliphatic rings. The van der Waals surface area contributed by atoms with Crippen molar-refractivity contribution in [3.8, 4) is 5.75 Å². The Morgan fingerprint density at radius 3 is 2.77 bits per heavy atom. The van der Waals surface area contributed by atoms with Crippen LogP contribution in [0, 0.1) is 6.92 Å². The number of rotatable bonds is 9. The van der Waals surface area contributed by atoms with Crippen molar-refractivity contribution in [1.82, 2.24) is 20.4 Å². The second kappa shape index (κ2) is 12.9. The van der Waals surface area contributed by atoms with Crippen molar-refractivity contribution in [3.05, 3.63) is 68.2 Å². The molecule has 2 amide bonds. The number of furan rings is 1. The first-order valence-corrected chi connectivity index (χ1v) is 14.6. The topological polar surface area (TPSA) is 138 Å². The van der Waals surface area contributed by atoms with Crippen LogP contribution < -0.4 is 44.7 Å². The van der Waals surface area contributed by atoms with Gasteiger partial charge in [0.25, 0.3) is 11.8 Å². The van der Waals surface area contributed by atoms with Crippen LogP contribution in [-0.2, 0) is 16.2 Å². The maximum Gasteiger partial charge on any atom is 1.00 e. The van der Waals surface area contributed by atoms with E-state index in [-0.39, 0.29) is 47.6 Å². The standard InChI is InChI=1S/C23H18Cl2N4O6S3.Na/c1-10-27-28-23(38-10)37-9-11-8-36-21-17(20(31)29(21)18(11)22(32)33)26-19(30)16-5-3-13(35-16)7-34-15-4-2-12(24)6-14(15)25;/h2-6,17,21H,7-9H2,1H3,(H,26,30)(H,32,33);/q;+1/p-1. The Bertz CT molecular complexity index is 1460. The molecule has 4 heterocycles. The Morgan fingerprint density at radius 1 is 1.28 bits per heavy atom. The number of nitrogens with one attached hydrogen (secondary N) is 1. The number of benzene rings is 1. The van der Waals surface area contributed by atoms with E-state index in [2.05, 4.69) is 15.5 Å². The number of carbonyl (C=O) groups is 3. The van der Waals surface area contributed by atoms with E-state index in [1.54, 1.807) is 24.3 Å². The summed E-state index contributed by atoms with van der Waals surface area (Å²) in [6.07, 6.45) is 0. The van der Waals surface area contributed by atoms with E-state index in [0.29, 0.717) is 43.0 Å². The van der Waals surface area contributed by atoms with Gasteiger partial charge >= 0.3 is 29.6 Å². The van der Waals surface area contributed by atoms with Crippen molar-refractivity contribution >= 4 is 75.8 Å². The van der Waals surface area contributed by atoms with Crippen LogP contribution in [0.1, 0.15) is 21.3 Å². The quantitative estimate of drug-likeness (QED) is 0.196. The Morgan fingerprint density at radius 2 is 2.08 bits per heavy atom. The monoisotopic (exact) mass is 634 g/mol. The molecule has 0 radical (unpaired) electrons. The van der Waals surface area contributed by atoms with E-state index < -0.39 is 29.2 Å². The van der Waals surface area contributed by atoms with Gasteiger partial charge in [-0.25, -0.2) is 0 Å². The summed E-state index contributed by atoms with van der Waals surface area (Å²) in [4.78, 5) is 38.8. The van der Waals surface area contributed by atoms with Gasteiger partial charge in [-0.1, -0.05) is 46.3 Å². The van der Waals surface area contributed by atoms with Crippen LogP contribution in [0.3, 0.4) is 0 Å². The Balaban J connectivity index is 0.00000353. The number of carboxylic acid groups (broad SMARTS) is 1. The first kappa shape index (κ1) is 30.3. The van der Waals surface area contributed by atoms with Gasteiger partial charge in [0.2, 0.25) is 0 Å². The summed E-state index contributed by atoms with van der Waals surface area (Å²) in [7, 11) is 0. The maximum atomic E-state index is 12.9. The number of thioether (sulfide) groups is 2. The van der Waals surface area contributed by atoms with Crippen LogP contribution >= 0.6 is 58.1 Å².